The van der Waals surface area contributed by atoms with Gasteiger partial charge in [-0.25, -0.2) is 0 Å². The summed E-state index contributed by atoms with van der Waals surface area (Å²) in [5, 5.41) is 3.06. The van der Waals surface area contributed by atoms with Crippen LogP contribution in [0.2, 0.25) is 0 Å². The molecule has 0 bridgehead atoms. The molecule has 1 saturated heterocycles. The summed E-state index contributed by atoms with van der Waals surface area (Å²) in [6, 6.07) is 6.12. The zero-order chi connectivity index (χ0) is 17.8. The number of piperidine rings is 1. The summed E-state index contributed by atoms with van der Waals surface area (Å²) >= 11 is 0. The topological polar surface area (TPSA) is 49.4 Å². The molecular weight excluding hydrogens is 312 g/mol. The van der Waals surface area contributed by atoms with E-state index in [0.29, 0.717) is 5.91 Å². The Morgan fingerprint density at radius 1 is 0.880 bits per heavy atom. The summed E-state index contributed by atoms with van der Waals surface area (Å²) < 4.78 is 0. The third-order valence-corrected chi connectivity index (χ3v) is 5.62. The normalized spacial score (nSPS) is 19.7. The van der Waals surface area contributed by atoms with Gasteiger partial charge in [-0.1, -0.05) is 25.3 Å². The highest BCUT2D eigenvalue weighted by Crippen LogP contribution is 2.28. The number of aryl methyl sites for hydroxylation is 2. The van der Waals surface area contributed by atoms with Gasteiger partial charge in [-0.05, 0) is 62.8 Å². The van der Waals surface area contributed by atoms with Crippen LogP contribution in [0.4, 0.5) is 5.69 Å². The summed E-state index contributed by atoms with van der Waals surface area (Å²) in [5.74, 6) is 0.660. The monoisotopic (exact) mass is 342 g/mol. The van der Waals surface area contributed by atoms with Gasteiger partial charge in [-0.2, -0.15) is 0 Å². The largest absolute Gasteiger partial charge is 0.342 e. The number of carbonyl (C=O) groups is 2. The average Bonchev–Trinajstić information content (AvgIpc) is 2.61. The molecule has 0 atom stereocenters. The highest BCUT2D eigenvalue weighted by Gasteiger charge is 2.31. The Morgan fingerprint density at radius 2 is 1.48 bits per heavy atom. The standard InChI is InChI=1S/C21H30N2O2/c1-15-12-16(2)14-19(13-15)22-20(24)17-8-10-23(11-9-17)21(25)18-6-4-3-5-7-18/h12-14,17-18H,3-11H2,1-2H3,(H,22,24). The van der Waals surface area contributed by atoms with Crippen LogP contribution in [0, 0.1) is 25.7 Å². The van der Waals surface area contributed by atoms with Gasteiger partial charge in [0.25, 0.3) is 0 Å². The van der Waals surface area contributed by atoms with Gasteiger partial charge >= 0.3 is 0 Å². The molecule has 0 radical (unpaired) electrons. The summed E-state index contributed by atoms with van der Waals surface area (Å²) in [6.45, 7) is 5.52. The third-order valence-electron chi connectivity index (χ3n) is 5.62. The number of hydrogen-bond acceptors (Lipinski definition) is 2. The van der Waals surface area contributed by atoms with Crippen molar-refractivity contribution in [1.29, 1.82) is 0 Å². The molecule has 2 fully saturated rings. The highest BCUT2D eigenvalue weighted by atomic mass is 16.2. The molecule has 1 heterocycles. The van der Waals surface area contributed by atoms with Crippen molar-refractivity contribution in [1.82, 2.24) is 4.90 Å². The predicted molar refractivity (Wildman–Crippen MR) is 100 cm³/mol. The molecule has 1 aliphatic carbocycles. The van der Waals surface area contributed by atoms with E-state index in [1.165, 1.54) is 19.3 Å². The number of rotatable bonds is 3. The lowest BCUT2D eigenvalue weighted by atomic mass is 9.87. The molecule has 2 amide bonds. The lowest BCUT2D eigenvalue weighted by molar-refractivity contribution is -0.139. The number of benzene rings is 1. The molecular formula is C21H30N2O2. The Kier molecular flexibility index (Phi) is 5.77. The predicted octanol–water partition coefficient (Wildman–Crippen LogP) is 4.06. The number of amides is 2. The second kappa shape index (κ2) is 8.03. The van der Waals surface area contributed by atoms with Crippen LogP contribution < -0.4 is 5.32 Å². The number of carbonyl (C=O) groups excluding carboxylic acids is 2. The highest BCUT2D eigenvalue weighted by molar-refractivity contribution is 5.93. The van der Waals surface area contributed by atoms with E-state index in [1.54, 1.807) is 0 Å². The second-order valence-corrected chi connectivity index (χ2v) is 7.80. The van der Waals surface area contributed by atoms with Crippen molar-refractivity contribution in [2.24, 2.45) is 11.8 Å². The van der Waals surface area contributed by atoms with Crippen LogP contribution in [0.5, 0.6) is 0 Å². The fourth-order valence-electron chi connectivity index (χ4n) is 4.26. The van der Waals surface area contributed by atoms with E-state index in [4.69, 9.17) is 0 Å². The molecule has 1 aliphatic heterocycles. The van der Waals surface area contributed by atoms with Gasteiger partial charge < -0.3 is 10.2 Å². The smallest absolute Gasteiger partial charge is 0.227 e. The van der Waals surface area contributed by atoms with Gasteiger partial charge in [0.2, 0.25) is 11.8 Å². The molecule has 3 rings (SSSR count). The minimum Gasteiger partial charge on any atom is -0.342 e. The second-order valence-electron chi connectivity index (χ2n) is 7.80. The van der Waals surface area contributed by atoms with E-state index >= 15 is 0 Å². The Morgan fingerprint density at radius 3 is 2.08 bits per heavy atom. The lowest BCUT2D eigenvalue weighted by Crippen LogP contribution is -2.44. The molecule has 0 aromatic heterocycles. The molecule has 4 nitrogen and oxygen atoms in total. The van der Waals surface area contributed by atoms with Crippen molar-refractivity contribution in [3.8, 4) is 0 Å². The molecule has 2 aliphatic rings. The quantitative estimate of drug-likeness (QED) is 0.900. The minimum atomic E-state index is 0.0104. The number of hydrogen-bond donors (Lipinski definition) is 1. The third kappa shape index (κ3) is 4.62. The van der Waals surface area contributed by atoms with Gasteiger partial charge in [-0.15, -0.1) is 0 Å². The van der Waals surface area contributed by atoms with E-state index in [9.17, 15) is 9.59 Å². The van der Waals surface area contributed by atoms with Crippen molar-refractivity contribution in [3.63, 3.8) is 0 Å². The Balaban J connectivity index is 1.51. The summed E-state index contributed by atoms with van der Waals surface area (Å²) in [6.07, 6.45) is 7.28. The Bertz CT molecular complexity index is 607. The number of likely N-dealkylation sites (tertiary alicyclic amines) is 1. The summed E-state index contributed by atoms with van der Waals surface area (Å²) in [4.78, 5) is 27.2. The van der Waals surface area contributed by atoms with Gasteiger partial charge in [0, 0.05) is 30.6 Å². The van der Waals surface area contributed by atoms with Gasteiger partial charge in [0.1, 0.15) is 0 Å². The fourth-order valence-corrected chi connectivity index (χ4v) is 4.26. The van der Waals surface area contributed by atoms with Gasteiger partial charge in [0.15, 0.2) is 0 Å². The van der Waals surface area contributed by atoms with Crippen molar-refractivity contribution in [2.45, 2.75) is 58.8 Å². The maximum Gasteiger partial charge on any atom is 0.227 e. The Hall–Kier alpha value is -1.84. The average molecular weight is 342 g/mol. The first-order valence-corrected chi connectivity index (χ1v) is 9.71. The van der Waals surface area contributed by atoms with Crippen LogP contribution in [-0.4, -0.2) is 29.8 Å². The number of anilines is 1. The van der Waals surface area contributed by atoms with Crippen molar-refractivity contribution >= 4 is 17.5 Å². The van der Waals surface area contributed by atoms with Gasteiger partial charge in [0.05, 0.1) is 0 Å². The SMILES string of the molecule is Cc1cc(C)cc(NC(=O)C2CCN(C(=O)C3CCCCC3)CC2)c1. The zero-order valence-electron chi connectivity index (χ0n) is 15.5. The maximum atomic E-state index is 12.6. The molecule has 1 aromatic rings. The first kappa shape index (κ1) is 18.0. The van der Waals surface area contributed by atoms with E-state index in [2.05, 4.69) is 11.4 Å². The van der Waals surface area contributed by atoms with Crippen LogP contribution in [0.1, 0.15) is 56.1 Å². The Labute approximate surface area is 151 Å². The maximum absolute atomic E-state index is 12.6. The van der Waals surface area contributed by atoms with Gasteiger partial charge in [-0.3, -0.25) is 9.59 Å². The first-order valence-electron chi connectivity index (χ1n) is 9.71. The van der Waals surface area contributed by atoms with E-state index in [1.807, 2.05) is 30.9 Å². The molecule has 1 N–H and O–H groups in total. The molecule has 4 heteroatoms. The first-order chi connectivity index (χ1) is 12.0. The van der Waals surface area contributed by atoms with E-state index in [-0.39, 0.29) is 17.7 Å². The summed E-state index contributed by atoms with van der Waals surface area (Å²) in [7, 11) is 0. The summed E-state index contributed by atoms with van der Waals surface area (Å²) in [5.41, 5.74) is 3.19. The lowest BCUT2D eigenvalue weighted by Gasteiger charge is -2.34. The minimum absolute atomic E-state index is 0.0104. The molecule has 1 saturated carbocycles. The molecule has 136 valence electrons. The van der Waals surface area contributed by atoms with E-state index < -0.39 is 0 Å². The molecule has 25 heavy (non-hydrogen) atoms. The van der Waals surface area contributed by atoms with Crippen LogP contribution in [-0.2, 0) is 9.59 Å². The van der Waals surface area contributed by atoms with Crippen LogP contribution >= 0.6 is 0 Å². The molecule has 0 spiro atoms. The molecule has 0 unspecified atom stereocenters. The van der Waals surface area contributed by atoms with Crippen molar-refractivity contribution in [3.05, 3.63) is 29.3 Å². The van der Waals surface area contributed by atoms with Crippen LogP contribution in [0.15, 0.2) is 18.2 Å². The number of nitrogens with one attached hydrogen (secondary N) is 1. The van der Waals surface area contributed by atoms with Crippen LogP contribution in [0.3, 0.4) is 0 Å². The molecule has 1 aromatic carbocycles. The van der Waals surface area contributed by atoms with Crippen molar-refractivity contribution in [2.75, 3.05) is 18.4 Å². The van der Waals surface area contributed by atoms with Crippen molar-refractivity contribution < 1.29 is 9.59 Å². The van der Waals surface area contributed by atoms with E-state index in [0.717, 1.165) is 55.6 Å². The number of nitrogens with zero attached hydrogens (tertiary/aromatic N) is 1. The van der Waals surface area contributed by atoms with Crippen LogP contribution in [0.25, 0.3) is 0 Å². The fraction of sp³-hybridized carbons (Fsp3) is 0.619. The zero-order valence-corrected chi connectivity index (χ0v) is 15.5.